The third kappa shape index (κ3) is 3.35. The monoisotopic (exact) mass is 486 g/mol. The minimum atomic E-state index is -3.67. The van der Waals surface area contributed by atoms with Crippen molar-refractivity contribution in [2.75, 3.05) is 0 Å². The average molecular weight is 486 g/mol. The Balaban J connectivity index is 1.34. The first-order valence-corrected chi connectivity index (χ1v) is 12.9. The second-order valence-corrected chi connectivity index (χ2v) is 9.64. The molecule has 0 N–H and O–H groups in total. The van der Waals surface area contributed by atoms with E-state index in [4.69, 9.17) is 16.9 Å². The number of fused-ring (bicyclic) bond motifs is 4. The van der Waals surface area contributed by atoms with Crippen molar-refractivity contribution in [3.8, 4) is 23.0 Å². The fourth-order valence-corrected chi connectivity index (χ4v) is 6.20. The topological polar surface area (TPSA) is 54.0 Å². The minimum absolute atomic E-state index is 0.519. The van der Waals surface area contributed by atoms with Crippen molar-refractivity contribution in [2.24, 2.45) is 0 Å². The molecule has 2 heterocycles. The van der Waals surface area contributed by atoms with Crippen LogP contribution in [0.1, 0.15) is 34.5 Å². The summed E-state index contributed by atoms with van der Waals surface area (Å²) in [7, 11) is 0. The van der Waals surface area contributed by atoms with Gasteiger partial charge in [0.2, 0.25) is 0 Å². The molecule has 0 radical (unpaired) electrons. The van der Waals surface area contributed by atoms with Crippen molar-refractivity contribution in [3.05, 3.63) is 119 Å². The maximum atomic E-state index is 13.3. The van der Waals surface area contributed by atoms with Crippen molar-refractivity contribution in [1.82, 2.24) is 0 Å². The van der Waals surface area contributed by atoms with E-state index in [1.807, 2.05) is 97.1 Å². The van der Waals surface area contributed by atoms with Gasteiger partial charge in [-0.3, -0.25) is 0 Å². The van der Waals surface area contributed by atoms with E-state index < -0.39 is 27.5 Å². The van der Waals surface area contributed by atoms with E-state index in [0.29, 0.717) is 23.0 Å². The van der Waals surface area contributed by atoms with E-state index in [1.165, 1.54) is 0 Å². The first-order valence-electron chi connectivity index (χ1n) is 10.4. The molecule has 0 atom stereocenters. The van der Waals surface area contributed by atoms with Gasteiger partial charge in [-0.05, 0) is 0 Å². The Kier molecular flexibility index (Phi) is 4.88. The van der Waals surface area contributed by atoms with Crippen LogP contribution in [0.4, 0.5) is 0 Å². The summed E-state index contributed by atoms with van der Waals surface area (Å²) in [5.74, 6) is 2.79. The fourth-order valence-electron chi connectivity index (χ4n) is 4.21. The van der Waals surface area contributed by atoms with Crippen molar-refractivity contribution < 1.29 is 20.7 Å². The predicted molar refractivity (Wildman–Crippen MR) is 120 cm³/mol. The molecule has 0 fully saturated rings. The Hall–Kier alpha value is -3.24. The average Bonchev–Trinajstić information content (AvgIpc) is 2.84. The fraction of sp³-hybridized carbons (Fsp3) is 0.0769. The van der Waals surface area contributed by atoms with Gasteiger partial charge in [0, 0.05) is 0 Å². The van der Waals surface area contributed by atoms with E-state index in [2.05, 4.69) is 0 Å². The Labute approximate surface area is 190 Å². The zero-order valence-corrected chi connectivity index (χ0v) is 19.0. The molecule has 4 aromatic rings. The molecule has 158 valence electrons. The van der Waals surface area contributed by atoms with Gasteiger partial charge in [0.1, 0.15) is 0 Å². The van der Waals surface area contributed by atoms with E-state index in [9.17, 15) is 3.74 Å². The van der Waals surface area contributed by atoms with Crippen molar-refractivity contribution in [3.63, 3.8) is 0 Å². The van der Waals surface area contributed by atoms with Gasteiger partial charge in [0.15, 0.2) is 0 Å². The predicted octanol–water partition coefficient (Wildman–Crippen LogP) is 5.96. The summed E-state index contributed by atoms with van der Waals surface area (Å²) in [6, 6.07) is 30.6. The van der Waals surface area contributed by atoms with Crippen LogP contribution >= 0.6 is 0 Å². The van der Waals surface area contributed by atoms with Crippen LogP contribution in [0.3, 0.4) is 0 Å². The number of rotatable bonds is 4. The van der Waals surface area contributed by atoms with Crippen LogP contribution in [0.2, 0.25) is 0 Å². The maximum absolute atomic E-state index is 13.3. The normalized spacial score (nSPS) is 14.5. The molecular weight excluding hydrogens is 467 g/mol. The van der Waals surface area contributed by atoms with Crippen LogP contribution in [0.15, 0.2) is 97.1 Å². The molecule has 2 aliphatic rings. The van der Waals surface area contributed by atoms with E-state index in [-0.39, 0.29) is 0 Å². The summed E-state index contributed by atoms with van der Waals surface area (Å²) in [6.45, 7) is 0. The molecule has 0 bridgehead atoms. The van der Waals surface area contributed by atoms with Gasteiger partial charge in [-0.1, -0.05) is 0 Å². The summed E-state index contributed by atoms with van der Waals surface area (Å²) in [4.78, 5) is 0. The Morgan fingerprint density at radius 3 is 1.09 bits per heavy atom. The molecule has 6 rings (SSSR count). The van der Waals surface area contributed by atoms with Crippen molar-refractivity contribution in [2.45, 2.75) is 12.2 Å². The second-order valence-electron chi connectivity index (χ2n) is 7.60. The molecule has 6 heteroatoms. The molecule has 0 spiro atoms. The van der Waals surface area contributed by atoms with Gasteiger partial charge in [-0.15, -0.1) is 0 Å². The Bertz CT molecular complexity index is 1140. The summed E-state index contributed by atoms with van der Waals surface area (Å²) in [5, 5.41) is 0. The second kappa shape index (κ2) is 8.03. The molecular formula is C26H19AsO5. The zero-order chi connectivity index (χ0) is 21.5. The van der Waals surface area contributed by atoms with Crippen LogP contribution < -0.4 is 9.47 Å². The van der Waals surface area contributed by atoms with E-state index >= 15 is 0 Å². The Morgan fingerprint density at radius 1 is 0.500 bits per heavy atom. The molecule has 0 saturated heterocycles. The van der Waals surface area contributed by atoms with Gasteiger partial charge < -0.3 is 0 Å². The van der Waals surface area contributed by atoms with Crippen LogP contribution in [-0.2, 0) is 11.2 Å². The molecule has 0 saturated carbocycles. The molecule has 4 aromatic carbocycles. The summed E-state index contributed by atoms with van der Waals surface area (Å²) in [5.41, 5.74) is 3.35. The molecule has 5 nitrogen and oxygen atoms in total. The summed E-state index contributed by atoms with van der Waals surface area (Å²) >= 11 is -3.67. The van der Waals surface area contributed by atoms with Gasteiger partial charge in [-0.2, -0.15) is 0 Å². The van der Waals surface area contributed by atoms with Crippen molar-refractivity contribution in [1.29, 1.82) is 0 Å². The molecule has 0 aromatic heterocycles. The van der Waals surface area contributed by atoms with E-state index in [1.54, 1.807) is 0 Å². The van der Waals surface area contributed by atoms with Crippen LogP contribution in [0, 0.1) is 0 Å². The van der Waals surface area contributed by atoms with Crippen LogP contribution in [-0.4, -0.2) is 15.3 Å². The van der Waals surface area contributed by atoms with Crippen molar-refractivity contribution >= 4 is 15.3 Å². The number of hydrogen-bond acceptors (Lipinski definition) is 5. The number of hydrogen-bond donors (Lipinski definition) is 0. The Morgan fingerprint density at radius 2 is 0.781 bits per heavy atom. The molecule has 2 aliphatic heterocycles. The summed E-state index contributed by atoms with van der Waals surface area (Å²) in [6.07, 6.45) is -1.04. The van der Waals surface area contributed by atoms with Gasteiger partial charge in [-0.25, -0.2) is 0 Å². The zero-order valence-electron chi connectivity index (χ0n) is 16.9. The van der Waals surface area contributed by atoms with E-state index in [0.717, 1.165) is 22.3 Å². The van der Waals surface area contributed by atoms with Gasteiger partial charge in [0.25, 0.3) is 0 Å². The molecule has 32 heavy (non-hydrogen) atoms. The first-order chi connectivity index (χ1) is 15.8. The SMILES string of the molecule is O=[AsH](OC1c2ccccc2Oc2ccccc21)OC1c2ccccc2Oc2ccccc21. The standard InChI is InChI=1S/C26H19AsO5/c28-27(31-25-17-9-1-5-13-21(17)29-22-14-6-2-10-18(22)25)32-26-19-11-3-7-15-23(19)30-24-16-8-4-12-20(24)26/h1-16,25-27H. The molecule has 0 aliphatic carbocycles. The van der Waals surface area contributed by atoms with Crippen LogP contribution in [0.5, 0.6) is 23.0 Å². The van der Waals surface area contributed by atoms with Gasteiger partial charge >= 0.3 is 190 Å². The third-order valence-electron chi connectivity index (χ3n) is 5.67. The molecule has 0 amide bonds. The number of para-hydroxylation sites is 4. The molecule has 0 unspecified atom stereocenters. The number of ether oxygens (including phenoxy) is 2. The summed E-state index contributed by atoms with van der Waals surface area (Å²) < 4.78 is 37.7. The van der Waals surface area contributed by atoms with Gasteiger partial charge in [0.05, 0.1) is 0 Å². The quantitative estimate of drug-likeness (QED) is 0.334. The first kappa shape index (κ1) is 19.4. The van der Waals surface area contributed by atoms with Crippen LogP contribution in [0.25, 0.3) is 0 Å². The third-order valence-corrected chi connectivity index (χ3v) is 7.47. The number of benzene rings is 4.